The van der Waals surface area contributed by atoms with Crippen LogP contribution in [0.1, 0.15) is 5.56 Å². The molecule has 150 valence electrons. The number of hydrogen-bond acceptors (Lipinski definition) is 4. The van der Waals surface area contributed by atoms with Crippen LogP contribution in [0.4, 0.5) is 11.4 Å². The number of carbonyl (C=O) groups excluding carboxylic acids is 2. The number of imide groups is 1. The molecule has 0 spiro atoms. The van der Waals surface area contributed by atoms with Gasteiger partial charge in [0.15, 0.2) is 0 Å². The molecular weight excluding hydrogens is 484 g/mol. The molecule has 30 heavy (non-hydrogen) atoms. The molecule has 1 aliphatic rings. The van der Waals surface area contributed by atoms with Crippen molar-refractivity contribution in [1.82, 2.24) is 0 Å². The number of hydrogen-bond donors (Lipinski definition) is 1. The Bertz CT molecular complexity index is 1070. The number of rotatable bonds is 5. The van der Waals surface area contributed by atoms with Crippen LogP contribution in [-0.4, -0.2) is 11.8 Å². The van der Waals surface area contributed by atoms with Gasteiger partial charge in [0.25, 0.3) is 11.8 Å². The predicted molar refractivity (Wildman–Crippen MR) is 126 cm³/mol. The van der Waals surface area contributed by atoms with Crippen molar-refractivity contribution in [3.05, 3.63) is 98.5 Å². The minimum Gasteiger partial charge on any atom is -0.350 e. The van der Waals surface area contributed by atoms with E-state index in [9.17, 15) is 9.59 Å². The van der Waals surface area contributed by atoms with Crippen molar-refractivity contribution < 1.29 is 9.59 Å². The Labute approximate surface area is 192 Å². The quantitative estimate of drug-likeness (QED) is 0.413. The summed E-state index contributed by atoms with van der Waals surface area (Å²) >= 11 is 10.6. The van der Waals surface area contributed by atoms with Crippen molar-refractivity contribution in [1.29, 1.82) is 0 Å². The van der Waals surface area contributed by atoms with Gasteiger partial charge in [0, 0.05) is 20.1 Å². The van der Waals surface area contributed by atoms with Crippen LogP contribution in [-0.2, 0) is 9.59 Å². The summed E-state index contributed by atoms with van der Waals surface area (Å²) in [5.74, 6) is -0.771. The summed E-state index contributed by atoms with van der Waals surface area (Å²) in [6.07, 6.45) is 0. The summed E-state index contributed by atoms with van der Waals surface area (Å²) in [5.41, 5.74) is 2.57. The number of halogens is 2. The number of carbonyl (C=O) groups is 2. The molecule has 1 aliphatic heterocycles. The van der Waals surface area contributed by atoms with Crippen molar-refractivity contribution in [3.8, 4) is 0 Å². The van der Waals surface area contributed by atoms with Gasteiger partial charge in [0.05, 0.1) is 5.69 Å². The molecule has 0 fully saturated rings. The van der Waals surface area contributed by atoms with Gasteiger partial charge in [-0.15, -0.1) is 0 Å². The molecule has 0 saturated heterocycles. The smallest absolute Gasteiger partial charge is 0.283 e. The van der Waals surface area contributed by atoms with Crippen LogP contribution >= 0.6 is 39.3 Å². The monoisotopic (exact) mass is 498 g/mol. The maximum Gasteiger partial charge on any atom is 0.283 e. The zero-order valence-corrected chi connectivity index (χ0v) is 19.0. The van der Waals surface area contributed by atoms with Crippen LogP contribution in [0.3, 0.4) is 0 Å². The highest BCUT2D eigenvalue weighted by atomic mass is 79.9. The molecule has 3 aromatic carbocycles. The Kier molecular flexibility index (Phi) is 5.99. The van der Waals surface area contributed by atoms with E-state index < -0.39 is 5.91 Å². The van der Waals surface area contributed by atoms with E-state index in [1.807, 2.05) is 55.5 Å². The highest BCUT2D eigenvalue weighted by Crippen LogP contribution is 2.38. The first-order valence-electron chi connectivity index (χ1n) is 9.08. The van der Waals surface area contributed by atoms with Crippen molar-refractivity contribution in [3.63, 3.8) is 0 Å². The lowest BCUT2D eigenvalue weighted by Crippen LogP contribution is -2.32. The second-order valence-electron chi connectivity index (χ2n) is 6.67. The van der Waals surface area contributed by atoms with E-state index in [1.54, 1.807) is 24.3 Å². The van der Waals surface area contributed by atoms with E-state index in [1.165, 1.54) is 16.7 Å². The minimum atomic E-state index is -0.403. The Hall–Kier alpha value is -2.54. The van der Waals surface area contributed by atoms with Crippen LogP contribution < -0.4 is 10.2 Å². The zero-order chi connectivity index (χ0) is 21.3. The molecule has 0 radical (unpaired) electrons. The molecule has 4 rings (SSSR count). The van der Waals surface area contributed by atoms with Gasteiger partial charge in [-0.05, 0) is 67.6 Å². The molecule has 3 aromatic rings. The zero-order valence-electron chi connectivity index (χ0n) is 15.9. The van der Waals surface area contributed by atoms with Gasteiger partial charge in [-0.3, -0.25) is 9.59 Å². The molecule has 0 unspecified atom stereocenters. The summed E-state index contributed by atoms with van der Waals surface area (Å²) in [7, 11) is 0. The average molecular weight is 500 g/mol. The third kappa shape index (κ3) is 4.31. The van der Waals surface area contributed by atoms with Crippen LogP contribution in [0, 0.1) is 6.92 Å². The maximum atomic E-state index is 13.3. The van der Waals surface area contributed by atoms with Gasteiger partial charge in [-0.1, -0.05) is 57.0 Å². The van der Waals surface area contributed by atoms with Crippen LogP contribution in [0.5, 0.6) is 0 Å². The molecule has 0 saturated carbocycles. The van der Waals surface area contributed by atoms with Crippen LogP contribution in [0.2, 0.25) is 5.02 Å². The largest absolute Gasteiger partial charge is 0.350 e. The van der Waals surface area contributed by atoms with E-state index in [2.05, 4.69) is 21.2 Å². The summed E-state index contributed by atoms with van der Waals surface area (Å²) in [5, 5.41) is 3.68. The first kappa shape index (κ1) is 20.7. The Balaban J connectivity index is 1.73. The molecule has 0 atom stereocenters. The summed E-state index contributed by atoms with van der Waals surface area (Å²) in [4.78, 5) is 28.9. The van der Waals surface area contributed by atoms with E-state index in [0.717, 1.165) is 14.9 Å². The number of aryl methyl sites for hydroxylation is 1. The highest BCUT2D eigenvalue weighted by molar-refractivity contribution is 9.10. The fraction of sp³-hybridized carbons (Fsp3) is 0.0435. The first-order chi connectivity index (χ1) is 14.4. The van der Waals surface area contributed by atoms with Gasteiger partial charge in [0.1, 0.15) is 10.6 Å². The van der Waals surface area contributed by atoms with E-state index in [4.69, 9.17) is 11.6 Å². The Morgan fingerprint density at radius 2 is 1.50 bits per heavy atom. The summed E-state index contributed by atoms with van der Waals surface area (Å²) in [6, 6.07) is 21.9. The van der Waals surface area contributed by atoms with Crippen LogP contribution in [0.25, 0.3) is 0 Å². The molecule has 0 aromatic heterocycles. The lowest BCUT2D eigenvalue weighted by molar-refractivity contribution is -0.120. The van der Waals surface area contributed by atoms with Crippen molar-refractivity contribution in [2.75, 3.05) is 10.2 Å². The second kappa shape index (κ2) is 8.68. The lowest BCUT2D eigenvalue weighted by Gasteiger charge is -2.15. The highest BCUT2D eigenvalue weighted by Gasteiger charge is 2.40. The van der Waals surface area contributed by atoms with Gasteiger partial charge >= 0.3 is 0 Å². The minimum absolute atomic E-state index is 0.253. The number of amides is 2. The van der Waals surface area contributed by atoms with Gasteiger partial charge in [-0.25, -0.2) is 4.90 Å². The Morgan fingerprint density at radius 3 is 2.13 bits per heavy atom. The first-order valence-corrected chi connectivity index (χ1v) is 11.1. The molecule has 1 heterocycles. The van der Waals surface area contributed by atoms with Crippen molar-refractivity contribution in [2.24, 2.45) is 0 Å². The molecule has 2 amide bonds. The normalized spacial score (nSPS) is 13.9. The van der Waals surface area contributed by atoms with Crippen molar-refractivity contribution in [2.45, 2.75) is 11.8 Å². The van der Waals surface area contributed by atoms with Gasteiger partial charge in [0.2, 0.25) is 0 Å². The maximum absolute atomic E-state index is 13.3. The topological polar surface area (TPSA) is 49.4 Å². The van der Waals surface area contributed by atoms with Crippen molar-refractivity contribution >= 4 is 62.5 Å². The second-order valence-corrected chi connectivity index (χ2v) is 9.11. The molecule has 1 N–H and O–H groups in total. The Morgan fingerprint density at radius 1 is 0.867 bits per heavy atom. The third-order valence-corrected chi connectivity index (χ3v) is 6.35. The standard InChI is InChI=1S/C23H16BrClN2O2S/c1-14-2-12-19(13-3-14)30-21-20(26-17-8-4-15(24)5-9-17)22(28)27(23(21)29)18-10-6-16(25)7-11-18/h2-13,26H,1H3. The SMILES string of the molecule is Cc1ccc(SC2=C(Nc3ccc(Br)cc3)C(=O)N(c3ccc(Cl)cc3)C2=O)cc1. The summed E-state index contributed by atoms with van der Waals surface area (Å²) in [6.45, 7) is 2.00. The fourth-order valence-electron chi connectivity index (χ4n) is 2.94. The molecule has 7 heteroatoms. The van der Waals surface area contributed by atoms with Gasteiger partial charge < -0.3 is 5.32 Å². The number of anilines is 2. The van der Waals surface area contributed by atoms with Gasteiger partial charge in [-0.2, -0.15) is 0 Å². The number of nitrogens with zero attached hydrogens (tertiary/aromatic N) is 1. The number of nitrogens with one attached hydrogen (secondary N) is 1. The average Bonchev–Trinajstić information content (AvgIpc) is 2.96. The van der Waals surface area contributed by atoms with E-state index in [-0.39, 0.29) is 11.6 Å². The molecular formula is C23H16BrClN2O2S. The molecule has 0 bridgehead atoms. The fourth-order valence-corrected chi connectivity index (χ4v) is 4.26. The number of thioether (sulfide) groups is 1. The predicted octanol–water partition coefficient (Wildman–Crippen LogP) is 6.40. The van der Waals surface area contributed by atoms with E-state index in [0.29, 0.717) is 21.3 Å². The lowest BCUT2D eigenvalue weighted by atomic mass is 10.2. The third-order valence-electron chi connectivity index (χ3n) is 4.48. The molecule has 4 nitrogen and oxygen atoms in total. The van der Waals surface area contributed by atoms with Crippen LogP contribution in [0.15, 0.2) is 92.8 Å². The number of benzene rings is 3. The van der Waals surface area contributed by atoms with E-state index >= 15 is 0 Å². The molecule has 0 aliphatic carbocycles. The summed E-state index contributed by atoms with van der Waals surface area (Å²) < 4.78 is 0.924.